The van der Waals surface area contributed by atoms with Crippen LogP contribution in [0.1, 0.15) is 17.7 Å². The molecule has 1 aromatic heterocycles. The first-order valence-corrected chi connectivity index (χ1v) is 6.21. The van der Waals surface area contributed by atoms with Crippen LogP contribution in [0.15, 0.2) is 47.1 Å². The molecule has 0 aliphatic carbocycles. The van der Waals surface area contributed by atoms with E-state index >= 15 is 0 Å². The number of nitrogens with zero attached hydrogens (tertiary/aromatic N) is 1. The molecule has 0 saturated heterocycles. The van der Waals surface area contributed by atoms with Gasteiger partial charge in [-0.2, -0.15) is 0 Å². The molecular weight excluding hydrogens is 242 g/mol. The largest absolute Gasteiger partial charge is 0.481 e. The van der Waals surface area contributed by atoms with Crippen LogP contribution in [0.3, 0.4) is 0 Å². The van der Waals surface area contributed by atoms with Gasteiger partial charge in [0.15, 0.2) is 0 Å². The predicted octanol–water partition coefficient (Wildman–Crippen LogP) is 3.07. The molecule has 100 valence electrons. The fourth-order valence-corrected chi connectivity index (χ4v) is 2.02. The van der Waals surface area contributed by atoms with Gasteiger partial charge in [0, 0.05) is 12.2 Å². The van der Waals surface area contributed by atoms with Crippen molar-refractivity contribution < 1.29 is 14.3 Å². The second-order valence-electron chi connectivity index (χ2n) is 4.43. The molecule has 0 atom stereocenters. The Balaban J connectivity index is 2.18. The summed E-state index contributed by atoms with van der Waals surface area (Å²) in [7, 11) is 0. The quantitative estimate of drug-likeness (QED) is 0.866. The number of carbonyl (C=O) groups is 1. The average Bonchev–Trinajstić information content (AvgIpc) is 2.88. The van der Waals surface area contributed by atoms with Crippen molar-refractivity contribution in [3.63, 3.8) is 0 Å². The summed E-state index contributed by atoms with van der Waals surface area (Å²) in [5, 5.41) is 8.85. The van der Waals surface area contributed by atoms with Gasteiger partial charge in [0.05, 0.1) is 19.2 Å². The summed E-state index contributed by atoms with van der Waals surface area (Å²) in [5.74, 6) is 0.0340. The Morgan fingerprint density at radius 2 is 2.05 bits per heavy atom. The standard InChI is InChI=1S/C15H17NO3/c1-12-5-2-3-7-14(12)16(9-8-15(17)18)11-13-6-4-10-19-13/h2-7,10H,8-9,11H2,1H3,(H,17,18). The van der Waals surface area contributed by atoms with E-state index in [1.54, 1.807) is 6.26 Å². The Hall–Kier alpha value is -2.23. The van der Waals surface area contributed by atoms with Crippen molar-refractivity contribution in [2.45, 2.75) is 19.9 Å². The number of rotatable bonds is 6. The summed E-state index contributed by atoms with van der Waals surface area (Å²) < 4.78 is 5.34. The molecule has 0 spiro atoms. The number of hydrogen-bond donors (Lipinski definition) is 1. The molecular formula is C15H17NO3. The molecule has 0 radical (unpaired) electrons. The highest BCUT2D eigenvalue weighted by molar-refractivity contribution is 5.68. The van der Waals surface area contributed by atoms with Crippen LogP contribution in [0.5, 0.6) is 0 Å². The van der Waals surface area contributed by atoms with E-state index in [2.05, 4.69) is 0 Å². The summed E-state index contributed by atoms with van der Waals surface area (Å²) >= 11 is 0. The molecule has 2 rings (SSSR count). The highest BCUT2D eigenvalue weighted by Crippen LogP contribution is 2.22. The number of carboxylic acids is 1. The van der Waals surface area contributed by atoms with E-state index in [0.717, 1.165) is 17.0 Å². The van der Waals surface area contributed by atoms with Crippen molar-refractivity contribution in [3.05, 3.63) is 54.0 Å². The van der Waals surface area contributed by atoms with Gasteiger partial charge in [-0.3, -0.25) is 4.79 Å². The van der Waals surface area contributed by atoms with E-state index < -0.39 is 5.97 Å². The molecule has 0 aliphatic rings. The maximum absolute atomic E-state index is 10.8. The number of anilines is 1. The number of para-hydroxylation sites is 1. The van der Waals surface area contributed by atoms with Crippen molar-refractivity contribution >= 4 is 11.7 Å². The number of aryl methyl sites for hydroxylation is 1. The minimum absolute atomic E-state index is 0.106. The van der Waals surface area contributed by atoms with Crippen LogP contribution >= 0.6 is 0 Å². The Labute approximate surface area is 112 Å². The zero-order chi connectivity index (χ0) is 13.7. The minimum Gasteiger partial charge on any atom is -0.481 e. The fraction of sp³-hybridized carbons (Fsp3) is 0.267. The van der Waals surface area contributed by atoms with Crippen molar-refractivity contribution in [2.24, 2.45) is 0 Å². The number of hydrogen-bond acceptors (Lipinski definition) is 3. The lowest BCUT2D eigenvalue weighted by molar-refractivity contribution is -0.136. The normalized spacial score (nSPS) is 10.4. The first kappa shape index (κ1) is 13.2. The molecule has 19 heavy (non-hydrogen) atoms. The van der Waals surface area contributed by atoms with E-state index in [-0.39, 0.29) is 6.42 Å². The van der Waals surface area contributed by atoms with Crippen molar-refractivity contribution in [3.8, 4) is 0 Å². The van der Waals surface area contributed by atoms with E-state index in [4.69, 9.17) is 9.52 Å². The lowest BCUT2D eigenvalue weighted by Crippen LogP contribution is -2.26. The number of carboxylic acid groups (broad SMARTS) is 1. The monoisotopic (exact) mass is 259 g/mol. The van der Waals surface area contributed by atoms with Gasteiger partial charge in [-0.1, -0.05) is 18.2 Å². The van der Waals surface area contributed by atoms with Crippen LogP contribution in [-0.4, -0.2) is 17.6 Å². The molecule has 0 fully saturated rings. The molecule has 4 nitrogen and oxygen atoms in total. The smallest absolute Gasteiger partial charge is 0.305 e. The van der Waals surface area contributed by atoms with Crippen molar-refractivity contribution in [1.29, 1.82) is 0 Å². The van der Waals surface area contributed by atoms with Gasteiger partial charge in [0.1, 0.15) is 5.76 Å². The summed E-state index contributed by atoms with van der Waals surface area (Å²) in [6.45, 7) is 3.05. The van der Waals surface area contributed by atoms with Gasteiger partial charge in [-0.15, -0.1) is 0 Å². The Morgan fingerprint density at radius 3 is 2.68 bits per heavy atom. The zero-order valence-corrected chi connectivity index (χ0v) is 10.9. The molecule has 1 aromatic carbocycles. The number of aliphatic carboxylic acids is 1. The Morgan fingerprint density at radius 1 is 1.26 bits per heavy atom. The first-order valence-electron chi connectivity index (χ1n) is 6.21. The third-order valence-electron chi connectivity index (χ3n) is 2.98. The number of furan rings is 1. The maximum Gasteiger partial charge on any atom is 0.305 e. The summed E-state index contributed by atoms with van der Waals surface area (Å²) in [5.41, 5.74) is 2.17. The molecule has 1 N–H and O–H groups in total. The SMILES string of the molecule is Cc1ccccc1N(CCC(=O)O)Cc1ccco1. The van der Waals surface area contributed by atoms with Gasteiger partial charge >= 0.3 is 5.97 Å². The van der Waals surface area contributed by atoms with Crippen LogP contribution in [0.2, 0.25) is 0 Å². The highest BCUT2D eigenvalue weighted by Gasteiger charge is 2.12. The van der Waals surface area contributed by atoms with Gasteiger partial charge < -0.3 is 14.4 Å². The molecule has 0 unspecified atom stereocenters. The highest BCUT2D eigenvalue weighted by atomic mass is 16.4. The van der Waals surface area contributed by atoms with Crippen LogP contribution < -0.4 is 4.90 Å². The van der Waals surface area contributed by atoms with Crippen LogP contribution in [0.4, 0.5) is 5.69 Å². The van der Waals surface area contributed by atoms with Gasteiger partial charge in [-0.05, 0) is 30.7 Å². The number of benzene rings is 1. The minimum atomic E-state index is -0.793. The maximum atomic E-state index is 10.8. The van der Waals surface area contributed by atoms with Crippen LogP contribution in [-0.2, 0) is 11.3 Å². The van der Waals surface area contributed by atoms with Gasteiger partial charge in [-0.25, -0.2) is 0 Å². The zero-order valence-electron chi connectivity index (χ0n) is 10.9. The fourth-order valence-electron chi connectivity index (χ4n) is 2.02. The van der Waals surface area contributed by atoms with Crippen LogP contribution in [0, 0.1) is 6.92 Å². The third-order valence-corrected chi connectivity index (χ3v) is 2.98. The Kier molecular flexibility index (Phi) is 4.23. The second kappa shape index (κ2) is 6.09. The van der Waals surface area contributed by atoms with Crippen LogP contribution in [0.25, 0.3) is 0 Å². The lowest BCUT2D eigenvalue weighted by atomic mass is 10.1. The van der Waals surface area contributed by atoms with E-state index in [1.165, 1.54) is 0 Å². The Bertz CT molecular complexity index is 534. The summed E-state index contributed by atoms with van der Waals surface area (Å²) in [6.07, 6.45) is 1.73. The van der Waals surface area contributed by atoms with E-state index in [9.17, 15) is 4.79 Å². The third kappa shape index (κ3) is 3.61. The molecule has 0 bridgehead atoms. The second-order valence-corrected chi connectivity index (χ2v) is 4.43. The van der Waals surface area contributed by atoms with Crippen molar-refractivity contribution in [2.75, 3.05) is 11.4 Å². The predicted molar refractivity (Wildman–Crippen MR) is 73.2 cm³/mol. The molecule has 0 aliphatic heterocycles. The van der Waals surface area contributed by atoms with Crippen molar-refractivity contribution in [1.82, 2.24) is 0 Å². The summed E-state index contributed by atoms with van der Waals surface area (Å²) in [4.78, 5) is 12.8. The summed E-state index contributed by atoms with van der Waals surface area (Å²) in [6, 6.07) is 11.7. The lowest BCUT2D eigenvalue weighted by Gasteiger charge is -2.24. The molecule has 0 saturated carbocycles. The van der Waals surface area contributed by atoms with Gasteiger partial charge in [0.2, 0.25) is 0 Å². The molecule has 1 heterocycles. The molecule has 2 aromatic rings. The van der Waals surface area contributed by atoms with E-state index in [1.807, 2.05) is 48.2 Å². The first-order chi connectivity index (χ1) is 9.16. The average molecular weight is 259 g/mol. The van der Waals surface area contributed by atoms with Gasteiger partial charge in [0.25, 0.3) is 0 Å². The molecule has 4 heteroatoms. The van der Waals surface area contributed by atoms with E-state index in [0.29, 0.717) is 13.1 Å². The molecule has 0 amide bonds. The topological polar surface area (TPSA) is 53.7 Å².